The van der Waals surface area contributed by atoms with Crippen LogP contribution in [-0.4, -0.2) is 42.8 Å². The van der Waals surface area contributed by atoms with E-state index in [4.69, 9.17) is 14.2 Å². The van der Waals surface area contributed by atoms with E-state index in [-0.39, 0.29) is 0 Å². The molecule has 2 aromatic rings. The maximum absolute atomic E-state index is 12.3. The molecule has 0 aromatic heterocycles. The number of hydrogen-bond acceptors (Lipinski definition) is 7. The van der Waals surface area contributed by atoms with E-state index in [0.717, 1.165) is 0 Å². The van der Waals surface area contributed by atoms with E-state index in [0.29, 0.717) is 27.5 Å². The van der Waals surface area contributed by atoms with Crippen molar-refractivity contribution >= 4 is 17.7 Å². The van der Waals surface area contributed by atoms with Gasteiger partial charge in [-0.25, -0.2) is 4.79 Å². The van der Waals surface area contributed by atoms with Gasteiger partial charge >= 0.3 is 5.97 Å². The van der Waals surface area contributed by atoms with Gasteiger partial charge in [0.2, 0.25) is 0 Å². The summed E-state index contributed by atoms with van der Waals surface area (Å²) in [5.41, 5.74) is -1.42. The maximum atomic E-state index is 12.3. The highest BCUT2D eigenvalue weighted by atomic mass is 32.2. The van der Waals surface area contributed by atoms with Gasteiger partial charge in [-0.1, -0.05) is 30.3 Å². The number of methoxy groups -OCH3 is 3. The van der Waals surface area contributed by atoms with Crippen molar-refractivity contribution in [1.29, 1.82) is 0 Å². The van der Waals surface area contributed by atoms with E-state index < -0.39 is 28.3 Å². The first-order valence-electron chi connectivity index (χ1n) is 9.85. The van der Waals surface area contributed by atoms with Crippen LogP contribution >= 0.6 is 11.8 Å². The second-order valence-corrected chi connectivity index (χ2v) is 9.02. The van der Waals surface area contributed by atoms with Crippen LogP contribution in [0.4, 0.5) is 0 Å². The van der Waals surface area contributed by atoms with Gasteiger partial charge in [-0.2, -0.15) is 0 Å². The Hall–Kier alpha value is -2.48. The summed E-state index contributed by atoms with van der Waals surface area (Å²) in [6, 6.07) is 14.2. The molecule has 31 heavy (non-hydrogen) atoms. The van der Waals surface area contributed by atoms with Crippen molar-refractivity contribution < 1.29 is 29.2 Å². The van der Waals surface area contributed by atoms with E-state index >= 15 is 0 Å². The first-order chi connectivity index (χ1) is 14.6. The summed E-state index contributed by atoms with van der Waals surface area (Å²) in [5.74, 6) is 0.285. The van der Waals surface area contributed by atoms with Gasteiger partial charge in [0.25, 0.3) is 0 Å². The number of hydrogen-bond donors (Lipinski definition) is 2. The van der Waals surface area contributed by atoms with Crippen molar-refractivity contribution in [1.82, 2.24) is 0 Å². The summed E-state index contributed by atoms with van der Waals surface area (Å²) < 4.78 is 15.3. The third kappa shape index (κ3) is 4.44. The highest BCUT2D eigenvalue weighted by molar-refractivity contribution is 8.04. The average molecular weight is 445 g/mol. The quantitative estimate of drug-likeness (QED) is 0.631. The summed E-state index contributed by atoms with van der Waals surface area (Å²) in [7, 11) is 4.47. The standard InChI is InChI=1S/C24H28O6S/c1-23(26,15-6-10-17(28-3)11-7-15)19-14-20(22(25)30-5)31-21(19)24(2,27)16-8-12-18(29-4)13-9-16/h6-14,19,21,26-27H,1-5H3/t19-,21+,23?,24?/m1/s1. The van der Waals surface area contributed by atoms with Crippen LogP contribution in [0, 0.1) is 5.92 Å². The summed E-state index contributed by atoms with van der Waals surface area (Å²) in [4.78, 5) is 12.7. The van der Waals surface area contributed by atoms with Gasteiger partial charge in [0, 0.05) is 5.92 Å². The first kappa shape index (κ1) is 23.2. The maximum Gasteiger partial charge on any atom is 0.344 e. The van der Waals surface area contributed by atoms with Gasteiger partial charge < -0.3 is 24.4 Å². The second kappa shape index (κ2) is 8.94. The lowest BCUT2D eigenvalue weighted by Gasteiger charge is -2.40. The molecule has 3 rings (SSSR count). The molecule has 1 aliphatic heterocycles. The van der Waals surface area contributed by atoms with Crippen molar-refractivity contribution in [3.05, 3.63) is 70.6 Å². The molecule has 0 amide bonds. The summed E-state index contributed by atoms with van der Waals surface area (Å²) in [6.45, 7) is 3.38. The average Bonchev–Trinajstić information content (AvgIpc) is 3.26. The fourth-order valence-corrected chi connectivity index (χ4v) is 5.39. The first-order valence-corrected chi connectivity index (χ1v) is 10.7. The van der Waals surface area contributed by atoms with Crippen LogP contribution in [0.15, 0.2) is 59.5 Å². The van der Waals surface area contributed by atoms with Crippen molar-refractivity contribution in [2.24, 2.45) is 5.92 Å². The number of rotatable bonds is 7. The minimum atomic E-state index is -1.36. The topological polar surface area (TPSA) is 85.2 Å². The van der Waals surface area contributed by atoms with Gasteiger partial charge in [-0.05, 0) is 49.2 Å². The van der Waals surface area contributed by atoms with Gasteiger partial charge in [-0.15, -0.1) is 11.8 Å². The van der Waals surface area contributed by atoms with Crippen LogP contribution in [0.1, 0.15) is 25.0 Å². The number of esters is 1. The number of aliphatic hydroxyl groups is 2. The highest BCUT2D eigenvalue weighted by Gasteiger charge is 2.51. The molecule has 4 atom stereocenters. The van der Waals surface area contributed by atoms with Gasteiger partial charge in [0.15, 0.2) is 0 Å². The lowest BCUT2D eigenvalue weighted by molar-refractivity contribution is -0.135. The van der Waals surface area contributed by atoms with Crippen molar-refractivity contribution in [3.63, 3.8) is 0 Å². The molecule has 0 saturated carbocycles. The molecule has 166 valence electrons. The van der Waals surface area contributed by atoms with E-state index in [1.54, 1.807) is 82.7 Å². The molecule has 1 aliphatic rings. The number of carbonyl (C=O) groups is 1. The molecule has 2 aromatic carbocycles. The molecule has 0 saturated heterocycles. The molecule has 0 fully saturated rings. The summed E-state index contributed by atoms with van der Waals surface area (Å²) >= 11 is 1.21. The number of thioether (sulfide) groups is 1. The summed E-state index contributed by atoms with van der Waals surface area (Å²) in [6.07, 6.45) is 1.70. The monoisotopic (exact) mass is 444 g/mol. The fraction of sp³-hybridized carbons (Fsp3) is 0.375. The van der Waals surface area contributed by atoms with Crippen molar-refractivity contribution in [2.75, 3.05) is 21.3 Å². The molecule has 6 nitrogen and oxygen atoms in total. The highest BCUT2D eigenvalue weighted by Crippen LogP contribution is 2.52. The Kier molecular flexibility index (Phi) is 6.69. The summed E-state index contributed by atoms with van der Waals surface area (Å²) in [5, 5.41) is 22.7. The Labute approximate surface area is 186 Å². The Bertz CT molecular complexity index is 947. The van der Waals surface area contributed by atoms with Crippen LogP contribution in [-0.2, 0) is 20.7 Å². The minimum Gasteiger partial charge on any atom is -0.497 e. The van der Waals surface area contributed by atoms with Crippen molar-refractivity contribution in [3.8, 4) is 11.5 Å². The van der Waals surface area contributed by atoms with Gasteiger partial charge in [-0.3, -0.25) is 0 Å². The van der Waals surface area contributed by atoms with Crippen LogP contribution < -0.4 is 9.47 Å². The molecule has 0 radical (unpaired) electrons. The Morgan fingerprint density at radius 1 is 0.839 bits per heavy atom. The number of carbonyl (C=O) groups excluding carboxylic acids is 1. The molecule has 7 heteroatoms. The normalized spacial score (nSPS) is 22.1. The minimum absolute atomic E-state index is 0.361. The Morgan fingerprint density at radius 3 is 1.71 bits per heavy atom. The third-order valence-electron chi connectivity index (χ3n) is 5.85. The SMILES string of the molecule is COC(=O)C1=C[C@@H](C(C)(O)c2ccc(OC)cc2)[C@@H](C(C)(O)c2ccc(OC)cc2)S1. The number of benzene rings is 2. The Balaban J connectivity index is 2.03. The zero-order valence-corrected chi connectivity index (χ0v) is 19.1. The van der Waals surface area contributed by atoms with Gasteiger partial charge in [0.1, 0.15) is 11.5 Å². The van der Waals surface area contributed by atoms with E-state index in [9.17, 15) is 15.0 Å². The lowest BCUT2D eigenvalue weighted by Crippen LogP contribution is -2.45. The number of ether oxygens (including phenoxy) is 3. The molecule has 2 N–H and O–H groups in total. The van der Waals surface area contributed by atoms with E-state index in [1.165, 1.54) is 18.9 Å². The van der Waals surface area contributed by atoms with Crippen molar-refractivity contribution in [2.45, 2.75) is 30.3 Å². The molecule has 1 heterocycles. The molecular formula is C24H28O6S. The lowest BCUT2D eigenvalue weighted by atomic mass is 9.74. The van der Waals surface area contributed by atoms with Crippen LogP contribution in [0.2, 0.25) is 0 Å². The predicted molar refractivity (Wildman–Crippen MR) is 120 cm³/mol. The van der Waals surface area contributed by atoms with E-state index in [1.807, 2.05) is 0 Å². The van der Waals surface area contributed by atoms with E-state index in [2.05, 4.69) is 0 Å². The van der Waals surface area contributed by atoms with Crippen LogP contribution in [0.3, 0.4) is 0 Å². The molecule has 0 bridgehead atoms. The third-order valence-corrected chi connectivity index (χ3v) is 7.41. The smallest absolute Gasteiger partial charge is 0.344 e. The molecule has 0 aliphatic carbocycles. The predicted octanol–water partition coefficient (Wildman–Crippen LogP) is 3.61. The molecular weight excluding hydrogens is 416 g/mol. The molecule has 0 spiro atoms. The zero-order valence-electron chi connectivity index (χ0n) is 18.3. The zero-order chi connectivity index (χ0) is 22.8. The molecule has 2 unspecified atom stereocenters. The van der Waals surface area contributed by atoms with Gasteiger partial charge in [0.05, 0.1) is 42.7 Å². The largest absolute Gasteiger partial charge is 0.497 e. The Morgan fingerprint density at radius 2 is 1.29 bits per heavy atom. The van der Waals surface area contributed by atoms with Crippen LogP contribution in [0.25, 0.3) is 0 Å². The van der Waals surface area contributed by atoms with Crippen LogP contribution in [0.5, 0.6) is 11.5 Å². The fourth-order valence-electron chi connectivity index (χ4n) is 3.85. The second-order valence-electron chi connectivity index (χ2n) is 7.84.